The summed E-state index contributed by atoms with van der Waals surface area (Å²) >= 11 is 9.02. The lowest BCUT2D eigenvalue weighted by molar-refractivity contribution is -0.131. The number of rotatable bonds is 3. The van der Waals surface area contributed by atoms with E-state index in [1.54, 1.807) is 0 Å². The molecule has 5 heterocycles. The molecule has 3 amide bonds. The lowest BCUT2D eigenvalue weighted by atomic mass is 9.74. The number of halogens is 2. The second-order valence-corrected chi connectivity index (χ2v) is 16.4. The molecule has 248 valence electrons. The van der Waals surface area contributed by atoms with Crippen molar-refractivity contribution in [3.63, 3.8) is 0 Å². The van der Waals surface area contributed by atoms with E-state index in [1.807, 2.05) is 16.7 Å². The van der Waals surface area contributed by atoms with E-state index in [-0.39, 0.29) is 59.6 Å². The van der Waals surface area contributed by atoms with Gasteiger partial charge in [0.05, 0.1) is 18.4 Å². The third kappa shape index (κ3) is 6.52. The third-order valence-corrected chi connectivity index (χ3v) is 13.2. The largest absolute Gasteiger partial charge is 0.336 e. The maximum Gasteiger partial charge on any atom is 0.320 e. The van der Waals surface area contributed by atoms with E-state index in [4.69, 9.17) is 11.6 Å². The number of hydrogen-bond acceptors (Lipinski definition) is 7. The van der Waals surface area contributed by atoms with Gasteiger partial charge in [0, 0.05) is 66.9 Å². The SMILES string of the molecule is C=CC(=O)N1CCN(C2NC(=O)N3C4CC(CNC4C(C)C)SCCCNC4CCC(Cl)C(C4)C4NC3C2CC4F)[C@@H](C)C1. The number of piperidine rings is 2. The van der Waals surface area contributed by atoms with Crippen molar-refractivity contribution < 1.29 is 14.0 Å². The molecule has 6 fully saturated rings. The first-order valence-corrected chi connectivity index (χ1v) is 18.5. The van der Waals surface area contributed by atoms with Gasteiger partial charge in [0.1, 0.15) is 6.17 Å². The Kier molecular flexibility index (Phi) is 10.4. The van der Waals surface area contributed by atoms with Crippen LogP contribution in [0.5, 0.6) is 0 Å². The van der Waals surface area contributed by atoms with Gasteiger partial charge in [-0.1, -0.05) is 20.4 Å². The van der Waals surface area contributed by atoms with Crippen LogP contribution in [-0.2, 0) is 4.79 Å². The molecule has 44 heavy (non-hydrogen) atoms. The standard InChI is InChI=1S/C32H53ClFN7O2S/c1-5-27(42)39-10-11-40(19(4)17-39)30-23-15-25(34)29-22-13-20(7-8-24(22)33)35-9-6-12-44-21-14-26(28(18(2)3)36-16-21)41(31(23)37-29)32(43)38-30/h5,18-26,28-31,35-37H,1,6-17H2,2-4H3,(H,38,43)/t19-,20?,21?,22?,23?,24?,25?,26?,28?,29?,30?,31?/m0/s1. The highest BCUT2D eigenvalue weighted by Crippen LogP contribution is 2.42. The summed E-state index contributed by atoms with van der Waals surface area (Å²) < 4.78 is 16.6. The number of piperazine rings is 1. The summed E-state index contributed by atoms with van der Waals surface area (Å²) in [6.07, 6.45) is 4.81. The molecule has 11 unspecified atom stereocenters. The Labute approximate surface area is 272 Å². The van der Waals surface area contributed by atoms with Gasteiger partial charge in [0.2, 0.25) is 5.91 Å². The van der Waals surface area contributed by atoms with Crippen molar-refractivity contribution in [2.45, 2.75) is 119 Å². The minimum Gasteiger partial charge on any atom is -0.336 e. The fourth-order valence-corrected chi connectivity index (χ4v) is 10.7. The number of carbonyl (C=O) groups excluding carboxylic acids is 2. The number of fused-ring (bicyclic) bond motifs is 7. The molecule has 6 rings (SSSR count). The van der Waals surface area contributed by atoms with Gasteiger partial charge < -0.3 is 25.8 Å². The quantitative estimate of drug-likeness (QED) is 0.275. The molecule has 0 spiro atoms. The van der Waals surface area contributed by atoms with E-state index >= 15 is 4.39 Å². The number of nitrogens with zero attached hydrogens (tertiary/aromatic N) is 3. The monoisotopic (exact) mass is 653 g/mol. The van der Waals surface area contributed by atoms with Crippen LogP contribution in [0.1, 0.15) is 59.3 Å². The number of nitrogens with one attached hydrogen (secondary N) is 4. The highest BCUT2D eigenvalue weighted by molar-refractivity contribution is 7.99. The van der Waals surface area contributed by atoms with Crippen LogP contribution in [-0.4, -0.2) is 124 Å². The molecule has 6 bridgehead atoms. The summed E-state index contributed by atoms with van der Waals surface area (Å²) in [5.74, 6) is 1.20. The number of thioether (sulfide) groups is 1. The Balaban J connectivity index is 1.34. The second kappa shape index (κ2) is 13.9. The first-order chi connectivity index (χ1) is 21.2. The summed E-state index contributed by atoms with van der Waals surface area (Å²) in [7, 11) is 0. The van der Waals surface area contributed by atoms with Crippen LogP contribution in [0.2, 0.25) is 0 Å². The van der Waals surface area contributed by atoms with Gasteiger partial charge in [-0.2, -0.15) is 11.8 Å². The summed E-state index contributed by atoms with van der Waals surface area (Å²) in [6.45, 7) is 13.9. The molecule has 0 aromatic carbocycles. The van der Waals surface area contributed by atoms with E-state index in [2.05, 4.69) is 58.4 Å². The minimum atomic E-state index is -1.07. The lowest BCUT2D eigenvalue weighted by Crippen LogP contribution is -2.79. The molecule has 4 N–H and O–H groups in total. The predicted octanol–water partition coefficient (Wildman–Crippen LogP) is 2.96. The van der Waals surface area contributed by atoms with Crippen LogP contribution < -0.4 is 21.3 Å². The normalized spacial score (nSPS) is 43.9. The average molecular weight is 654 g/mol. The molecule has 1 aliphatic carbocycles. The Morgan fingerprint density at radius 1 is 1.14 bits per heavy atom. The van der Waals surface area contributed by atoms with Crippen LogP contribution in [0.3, 0.4) is 0 Å². The van der Waals surface area contributed by atoms with Crippen molar-refractivity contribution in [1.82, 2.24) is 36.0 Å². The van der Waals surface area contributed by atoms with Crippen molar-refractivity contribution in [1.29, 1.82) is 0 Å². The maximum absolute atomic E-state index is 16.6. The van der Waals surface area contributed by atoms with E-state index in [0.717, 1.165) is 50.9 Å². The molecule has 0 aromatic heterocycles. The summed E-state index contributed by atoms with van der Waals surface area (Å²) in [4.78, 5) is 33.0. The number of hydrogen-bond donors (Lipinski definition) is 4. The highest BCUT2D eigenvalue weighted by atomic mass is 35.5. The van der Waals surface area contributed by atoms with Crippen LogP contribution in [0, 0.1) is 17.8 Å². The fourth-order valence-electron chi connectivity index (χ4n) is 9.13. The van der Waals surface area contributed by atoms with Gasteiger partial charge in [-0.25, -0.2) is 9.18 Å². The Morgan fingerprint density at radius 3 is 2.70 bits per heavy atom. The molecule has 9 nitrogen and oxygen atoms in total. The first kappa shape index (κ1) is 32.8. The molecule has 5 aliphatic heterocycles. The zero-order chi connectivity index (χ0) is 31.1. The van der Waals surface area contributed by atoms with Crippen LogP contribution >= 0.6 is 23.4 Å². The molecule has 0 aromatic rings. The highest BCUT2D eigenvalue weighted by Gasteiger charge is 2.56. The van der Waals surface area contributed by atoms with E-state index in [1.165, 1.54) is 6.08 Å². The Bertz CT molecular complexity index is 1060. The van der Waals surface area contributed by atoms with Crippen molar-refractivity contribution in [2.24, 2.45) is 17.8 Å². The Morgan fingerprint density at radius 2 is 1.95 bits per heavy atom. The van der Waals surface area contributed by atoms with Crippen LogP contribution in [0.4, 0.5) is 9.18 Å². The number of urea groups is 1. The number of amides is 3. The van der Waals surface area contributed by atoms with Crippen molar-refractivity contribution in [2.75, 3.05) is 38.5 Å². The smallest absolute Gasteiger partial charge is 0.320 e. The van der Waals surface area contributed by atoms with Gasteiger partial charge in [-0.05, 0) is 75.7 Å². The Hall–Kier alpha value is -1.11. The molecular formula is C32H53ClFN7O2S. The van der Waals surface area contributed by atoms with Gasteiger partial charge in [-0.3, -0.25) is 15.0 Å². The average Bonchev–Trinajstić information content (AvgIpc) is 3.00. The zero-order valence-corrected chi connectivity index (χ0v) is 28.2. The topological polar surface area (TPSA) is 92.0 Å². The van der Waals surface area contributed by atoms with Crippen molar-refractivity contribution in [3.8, 4) is 0 Å². The zero-order valence-electron chi connectivity index (χ0n) is 26.6. The van der Waals surface area contributed by atoms with Gasteiger partial charge in [0.25, 0.3) is 0 Å². The van der Waals surface area contributed by atoms with Crippen molar-refractivity contribution in [3.05, 3.63) is 12.7 Å². The molecular weight excluding hydrogens is 601 g/mol. The molecule has 12 atom stereocenters. The summed E-state index contributed by atoms with van der Waals surface area (Å²) in [5.41, 5.74) is 0. The molecule has 12 heteroatoms. The third-order valence-electron chi connectivity index (χ3n) is 11.3. The molecule has 6 aliphatic rings. The fraction of sp³-hybridized carbons (Fsp3) is 0.875. The lowest BCUT2D eigenvalue weighted by Gasteiger charge is -2.59. The molecule has 0 radical (unpaired) electrons. The van der Waals surface area contributed by atoms with E-state index < -0.39 is 12.2 Å². The summed E-state index contributed by atoms with van der Waals surface area (Å²) in [5, 5.41) is 15.1. The molecule has 1 saturated carbocycles. The van der Waals surface area contributed by atoms with E-state index in [0.29, 0.717) is 43.3 Å². The van der Waals surface area contributed by atoms with Crippen LogP contribution in [0.25, 0.3) is 0 Å². The maximum atomic E-state index is 16.6. The number of carbonyl (C=O) groups is 2. The van der Waals surface area contributed by atoms with Gasteiger partial charge >= 0.3 is 6.03 Å². The second-order valence-electron chi connectivity index (χ2n) is 14.4. The predicted molar refractivity (Wildman–Crippen MR) is 175 cm³/mol. The molecule has 5 saturated heterocycles. The van der Waals surface area contributed by atoms with Gasteiger partial charge in [0.15, 0.2) is 0 Å². The summed E-state index contributed by atoms with van der Waals surface area (Å²) in [6, 6.07) is 0.0312. The van der Waals surface area contributed by atoms with Crippen molar-refractivity contribution >= 4 is 35.3 Å². The minimum absolute atomic E-state index is 0.00540. The van der Waals surface area contributed by atoms with Gasteiger partial charge in [-0.15, -0.1) is 11.6 Å². The first-order valence-electron chi connectivity index (χ1n) is 17.0. The number of alkyl halides is 2. The van der Waals surface area contributed by atoms with Crippen LogP contribution in [0.15, 0.2) is 12.7 Å². The van der Waals surface area contributed by atoms with E-state index in [9.17, 15) is 9.59 Å².